The third kappa shape index (κ3) is 3.49. The van der Waals surface area contributed by atoms with Crippen LogP contribution in [-0.4, -0.2) is 42.0 Å². The minimum atomic E-state index is -4.03. The number of pyridine rings is 1. The number of aliphatic hydroxyl groups is 1. The first-order chi connectivity index (χ1) is 8.98. The SMILES string of the molecule is CCC(CC)N(CCO)S(=O)(=O)c1ncccc1F. The van der Waals surface area contributed by atoms with E-state index in [9.17, 15) is 12.8 Å². The van der Waals surface area contributed by atoms with Gasteiger partial charge in [-0.1, -0.05) is 13.8 Å². The predicted octanol–water partition coefficient (Wildman–Crippen LogP) is 1.39. The van der Waals surface area contributed by atoms with E-state index in [4.69, 9.17) is 5.11 Å². The summed E-state index contributed by atoms with van der Waals surface area (Å²) in [6, 6.07) is 2.12. The molecule has 0 aliphatic heterocycles. The number of hydrogen-bond acceptors (Lipinski definition) is 4. The molecule has 0 amide bonds. The molecule has 0 fully saturated rings. The van der Waals surface area contributed by atoms with Gasteiger partial charge in [0.05, 0.1) is 6.61 Å². The highest BCUT2D eigenvalue weighted by Crippen LogP contribution is 2.21. The lowest BCUT2D eigenvalue weighted by atomic mass is 10.2. The van der Waals surface area contributed by atoms with Crippen molar-refractivity contribution in [2.75, 3.05) is 13.2 Å². The van der Waals surface area contributed by atoms with Gasteiger partial charge >= 0.3 is 0 Å². The number of aromatic nitrogens is 1. The van der Waals surface area contributed by atoms with Crippen LogP contribution in [0.15, 0.2) is 23.4 Å². The second kappa shape index (κ2) is 6.93. The van der Waals surface area contributed by atoms with E-state index in [0.717, 1.165) is 10.4 Å². The van der Waals surface area contributed by atoms with Crippen LogP contribution in [0.25, 0.3) is 0 Å². The normalized spacial score (nSPS) is 12.3. The van der Waals surface area contributed by atoms with E-state index >= 15 is 0 Å². The van der Waals surface area contributed by atoms with Gasteiger partial charge in [0.2, 0.25) is 5.03 Å². The van der Waals surface area contributed by atoms with Crippen LogP contribution in [0, 0.1) is 5.82 Å². The lowest BCUT2D eigenvalue weighted by Crippen LogP contribution is -2.42. The van der Waals surface area contributed by atoms with Crippen LogP contribution in [0.4, 0.5) is 4.39 Å². The van der Waals surface area contributed by atoms with Crippen molar-refractivity contribution in [1.29, 1.82) is 0 Å². The van der Waals surface area contributed by atoms with Crippen LogP contribution in [0.1, 0.15) is 26.7 Å². The Labute approximate surface area is 113 Å². The highest BCUT2D eigenvalue weighted by molar-refractivity contribution is 7.89. The Morgan fingerprint density at radius 2 is 2.05 bits per heavy atom. The van der Waals surface area contributed by atoms with Crippen LogP contribution in [0.5, 0.6) is 0 Å². The van der Waals surface area contributed by atoms with Gasteiger partial charge in [0.15, 0.2) is 5.82 Å². The summed E-state index contributed by atoms with van der Waals surface area (Å²) in [5.74, 6) is -0.878. The standard InChI is InChI=1S/C12H19FN2O3S/c1-3-10(4-2)15(8-9-16)19(17,18)12-11(13)6-5-7-14-12/h5-7,10,16H,3-4,8-9H2,1-2H3. The summed E-state index contributed by atoms with van der Waals surface area (Å²) in [6.07, 6.45) is 2.41. The van der Waals surface area contributed by atoms with E-state index < -0.39 is 20.9 Å². The summed E-state index contributed by atoms with van der Waals surface area (Å²) in [7, 11) is -4.03. The highest BCUT2D eigenvalue weighted by Gasteiger charge is 2.32. The second-order valence-corrected chi connectivity index (χ2v) is 5.91. The second-order valence-electron chi connectivity index (χ2n) is 4.10. The van der Waals surface area contributed by atoms with Crippen molar-refractivity contribution < 1.29 is 17.9 Å². The smallest absolute Gasteiger partial charge is 0.263 e. The molecular weight excluding hydrogens is 271 g/mol. The molecule has 0 radical (unpaired) electrons. The third-order valence-corrected chi connectivity index (χ3v) is 4.84. The largest absolute Gasteiger partial charge is 0.395 e. The molecule has 1 N–H and O–H groups in total. The van der Waals surface area contributed by atoms with E-state index in [0.29, 0.717) is 12.8 Å². The Kier molecular flexibility index (Phi) is 5.84. The fourth-order valence-corrected chi connectivity index (χ4v) is 3.71. The molecule has 19 heavy (non-hydrogen) atoms. The lowest BCUT2D eigenvalue weighted by molar-refractivity contribution is 0.219. The summed E-state index contributed by atoms with van der Waals surface area (Å²) in [5, 5.41) is 8.45. The summed E-state index contributed by atoms with van der Waals surface area (Å²) in [4.78, 5) is 3.62. The number of nitrogens with zero attached hydrogens (tertiary/aromatic N) is 2. The van der Waals surface area contributed by atoms with Crippen LogP contribution in [0.3, 0.4) is 0 Å². The van der Waals surface area contributed by atoms with Gasteiger partial charge in [-0.2, -0.15) is 4.31 Å². The molecule has 1 aromatic rings. The zero-order valence-corrected chi connectivity index (χ0v) is 11.9. The maximum Gasteiger partial charge on any atom is 0.263 e. The summed E-state index contributed by atoms with van der Waals surface area (Å²) < 4.78 is 39.6. The molecule has 108 valence electrons. The molecule has 1 heterocycles. The van der Waals surface area contributed by atoms with Crippen molar-refractivity contribution in [3.05, 3.63) is 24.1 Å². The number of hydrogen-bond donors (Lipinski definition) is 1. The molecule has 1 aromatic heterocycles. The Morgan fingerprint density at radius 1 is 1.42 bits per heavy atom. The molecule has 0 aliphatic carbocycles. The molecule has 0 unspecified atom stereocenters. The van der Waals surface area contributed by atoms with Gasteiger partial charge in [0, 0.05) is 18.8 Å². The van der Waals surface area contributed by atoms with Crippen molar-refractivity contribution in [1.82, 2.24) is 9.29 Å². The van der Waals surface area contributed by atoms with Gasteiger partial charge in [-0.25, -0.2) is 17.8 Å². The molecule has 0 aromatic carbocycles. The highest BCUT2D eigenvalue weighted by atomic mass is 32.2. The van der Waals surface area contributed by atoms with Crippen LogP contribution in [0.2, 0.25) is 0 Å². The average molecular weight is 290 g/mol. The van der Waals surface area contributed by atoms with E-state index in [2.05, 4.69) is 4.98 Å². The quantitative estimate of drug-likeness (QED) is 0.824. The van der Waals surface area contributed by atoms with Crippen LogP contribution >= 0.6 is 0 Å². The number of aliphatic hydroxyl groups excluding tert-OH is 1. The molecule has 0 bridgehead atoms. The maximum atomic E-state index is 13.6. The molecule has 5 nitrogen and oxygen atoms in total. The molecule has 0 atom stereocenters. The van der Waals surface area contributed by atoms with E-state index in [1.807, 2.05) is 13.8 Å². The Hall–Kier alpha value is -1.05. The number of rotatable bonds is 7. The Bertz CT molecular complexity index is 503. The van der Waals surface area contributed by atoms with Gasteiger partial charge < -0.3 is 5.11 Å². The fourth-order valence-electron chi connectivity index (χ4n) is 1.97. The van der Waals surface area contributed by atoms with Crippen molar-refractivity contribution in [2.45, 2.75) is 37.8 Å². The Morgan fingerprint density at radius 3 is 2.53 bits per heavy atom. The third-order valence-electron chi connectivity index (χ3n) is 2.95. The topological polar surface area (TPSA) is 70.5 Å². The van der Waals surface area contributed by atoms with E-state index in [1.54, 1.807) is 0 Å². The summed E-state index contributed by atoms with van der Waals surface area (Å²) >= 11 is 0. The van der Waals surface area contributed by atoms with Gasteiger partial charge in [0.25, 0.3) is 10.0 Å². The fraction of sp³-hybridized carbons (Fsp3) is 0.583. The predicted molar refractivity (Wildman–Crippen MR) is 69.5 cm³/mol. The summed E-state index contributed by atoms with van der Waals surface area (Å²) in [6.45, 7) is 3.32. The lowest BCUT2D eigenvalue weighted by Gasteiger charge is -2.28. The zero-order valence-electron chi connectivity index (χ0n) is 11.1. The molecular formula is C12H19FN2O3S. The molecule has 0 saturated carbocycles. The van der Waals surface area contributed by atoms with Crippen molar-refractivity contribution in [3.63, 3.8) is 0 Å². The zero-order chi connectivity index (χ0) is 14.5. The first-order valence-corrected chi connectivity index (χ1v) is 7.66. The first kappa shape index (κ1) is 16.0. The molecule has 0 aliphatic rings. The van der Waals surface area contributed by atoms with Gasteiger partial charge in [-0.05, 0) is 25.0 Å². The number of sulfonamides is 1. The molecule has 0 spiro atoms. The van der Waals surface area contributed by atoms with Crippen molar-refractivity contribution in [3.8, 4) is 0 Å². The minimum absolute atomic E-state index is 0.0648. The average Bonchev–Trinajstić information content (AvgIpc) is 2.39. The Balaban J connectivity index is 3.24. The van der Waals surface area contributed by atoms with Gasteiger partial charge in [-0.3, -0.25) is 0 Å². The van der Waals surface area contributed by atoms with Crippen LogP contribution in [-0.2, 0) is 10.0 Å². The molecule has 7 heteroatoms. The summed E-state index contributed by atoms with van der Waals surface area (Å²) in [5.41, 5.74) is 0. The van der Waals surface area contributed by atoms with Gasteiger partial charge in [0.1, 0.15) is 0 Å². The van der Waals surface area contributed by atoms with Crippen molar-refractivity contribution in [2.24, 2.45) is 0 Å². The first-order valence-electron chi connectivity index (χ1n) is 6.22. The van der Waals surface area contributed by atoms with E-state index in [-0.39, 0.29) is 19.2 Å². The monoisotopic (exact) mass is 290 g/mol. The molecule has 0 saturated heterocycles. The van der Waals surface area contributed by atoms with Gasteiger partial charge in [-0.15, -0.1) is 0 Å². The maximum absolute atomic E-state index is 13.6. The van der Waals surface area contributed by atoms with Crippen LogP contribution < -0.4 is 0 Å². The molecule has 1 rings (SSSR count). The number of halogens is 1. The van der Waals surface area contributed by atoms with E-state index in [1.165, 1.54) is 12.3 Å². The van der Waals surface area contributed by atoms with Crippen molar-refractivity contribution >= 4 is 10.0 Å². The minimum Gasteiger partial charge on any atom is -0.395 e.